The fourth-order valence-corrected chi connectivity index (χ4v) is 0.713. The van der Waals surface area contributed by atoms with Crippen molar-refractivity contribution in [2.24, 2.45) is 5.92 Å². The molecule has 1 unspecified atom stereocenters. The Morgan fingerprint density at radius 2 is 2.11 bits per heavy atom. The predicted molar refractivity (Wildman–Crippen MR) is 36.8 cm³/mol. The zero-order valence-electron chi connectivity index (χ0n) is 5.75. The van der Waals surface area contributed by atoms with Gasteiger partial charge in [0, 0.05) is 5.92 Å². The number of hydrogen-bond donors (Lipinski definition) is 2. The summed E-state index contributed by atoms with van der Waals surface area (Å²) in [5, 5.41) is 17.3. The molecule has 0 aromatic heterocycles. The van der Waals surface area contributed by atoms with E-state index in [0.717, 1.165) is 6.42 Å². The highest BCUT2D eigenvalue weighted by molar-refractivity contribution is 4.72. The lowest BCUT2D eigenvalue weighted by atomic mass is 10.0. The lowest BCUT2D eigenvalue weighted by Gasteiger charge is -2.13. The lowest BCUT2D eigenvalue weighted by Crippen LogP contribution is -2.17. The number of aliphatic hydroxyl groups is 2. The standard InChI is InChI=1S/C7H14O2/c1-3-5-6(4-2)7(8)9/h3,6-9H,1,4-5H2,2H3. The molecule has 0 saturated heterocycles. The molecule has 0 saturated carbocycles. The minimum Gasteiger partial charge on any atom is -0.368 e. The van der Waals surface area contributed by atoms with Crippen LogP contribution in [-0.4, -0.2) is 16.5 Å². The predicted octanol–water partition coefficient (Wildman–Crippen LogP) is 0.899. The highest BCUT2D eigenvalue weighted by Gasteiger charge is 2.11. The van der Waals surface area contributed by atoms with Gasteiger partial charge in [-0.2, -0.15) is 0 Å². The fourth-order valence-electron chi connectivity index (χ4n) is 0.713. The van der Waals surface area contributed by atoms with E-state index in [-0.39, 0.29) is 5.92 Å². The van der Waals surface area contributed by atoms with Crippen LogP contribution in [0.3, 0.4) is 0 Å². The molecule has 0 rings (SSSR count). The average molecular weight is 130 g/mol. The van der Waals surface area contributed by atoms with Crippen molar-refractivity contribution < 1.29 is 10.2 Å². The fraction of sp³-hybridized carbons (Fsp3) is 0.714. The summed E-state index contributed by atoms with van der Waals surface area (Å²) in [6, 6.07) is 0. The maximum atomic E-state index is 8.65. The van der Waals surface area contributed by atoms with E-state index in [4.69, 9.17) is 10.2 Å². The van der Waals surface area contributed by atoms with Gasteiger partial charge < -0.3 is 10.2 Å². The highest BCUT2D eigenvalue weighted by Crippen LogP contribution is 2.11. The highest BCUT2D eigenvalue weighted by atomic mass is 16.5. The summed E-state index contributed by atoms with van der Waals surface area (Å²) < 4.78 is 0. The molecule has 0 aromatic carbocycles. The normalized spacial score (nSPS) is 13.8. The first kappa shape index (κ1) is 8.66. The third kappa shape index (κ3) is 3.27. The Labute approximate surface area is 55.8 Å². The minimum absolute atomic E-state index is 0.0394. The van der Waals surface area contributed by atoms with Gasteiger partial charge in [-0.3, -0.25) is 0 Å². The molecule has 9 heavy (non-hydrogen) atoms. The third-order valence-electron chi connectivity index (χ3n) is 1.42. The topological polar surface area (TPSA) is 40.5 Å². The van der Waals surface area contributed by atoms with Gasteiger partial charge in [0.1, 0.15) is 0 Å². The lowest BCUT2D eigenvalue weighted by molar-refractivity contribution is -0.0835. The summed E-state index contributed by atoms with van der Waals surface area (Å²) in [6.45, 7) is 5.43. The average Bonchev–Trinajstić information content (AvgIpc) is 1.82. The van der Waals surface area contributed by atoms with E-state index >= 15 is 0 Å². The first-order valence-corrected chi connectivity index (χ1v) is 3.19. The molecule has 0 radical (unpaired) electrons. The maximum absolute atomic E-state index is 8.65. The van der Waals surface area contributed by atoms with Crippen LogP contribution in [0.5, 0.6) is 0 Å². The van der Waals surface area contributed by atoms with Crippen molar-refractivity contribution in [2.75, 3.05) is 0 Å². The molecule has 0 aromatic rings. The van der Waals surface area contributed by atoms with Crippen molar-refractivity contribution in [1.29, 1.82) is 0 Å². The van der Waals surface area contributed by atoms with E-state index in [9.17, 15) is 0 Å². The zero-order chi connectivity index (χ0) is 7.28. The van der Waals surface area contributed by atoms with E-state index in [1.807, 2.05) is 6.92 Å². The minimum atomic E-state index is -1.19. The summed E-state index contributed by atoms with van der Waals surface area (Å²) in [5.74, 6) is -0.0394. The Hall–Kier alpha value is -0.340. The number of allylic oxidation sites excluding steroid dienone is 1. The first-order chi connectivity index (χ1) is 4.22. The molecule has 54 valence electrons. The molecular weight excluding hydrogens is 116 g/mol. The number of hydrogen-bond acceptors (Lipinski definition) is 2. The van der Waals surface area contributed by atoms with Crippen molar-refractivity contribution in [3.05, 3.63) is 12.7 Å². The molecule has 2 heteroatoms. The van der Waals surface area contributed by atoms with Gasteiger partial charge >= 0.3 is 0 Å². The van der Waals surface area contributed by atoms with Crippen LogP contribution in [-0.2, 0) is 0 Å². The molecule has 0 heterocycles. The largest absolute Gasteiger partial charge is 0.368 e. The van der Waals surface area contributed by atoms with Crippen LogP contribution < -0.4 is 0 Å². The van der Waals surface area contributed by atoms with Gasteiger partial charge in [0.15, 0.2) is 6.29 Å². The van der Waals surface area contributed by atoms with Crippen molar-refractivity contribution in [3.8, 4) is 0 Å². The molecule has 0 spiro atoms. The van der Waals surface area contributed by atoms with Crippen LogP contribution in [0.25, 0.3) is 0 Å². The summed E-state index contributed by atoms with van der Waals surface area (Å²) in [4.78, 5) is 0. The summed E-state index contributed by atoms with van der Waals surface area (Å²) in [7, 11) is 0. The molecule has 0 aliphatic rings. The van der Waals surface area contributed by atoms with Gasteiger partial charge in [0.25, 0.3) is 0 Å². The van der Waals surface area contributed by atoms with E-state index in [2.05, 4.69) is 6.58 Å². The Morgan fingerprint density at radius 3 is 2.22 bits per heavy atom. The molecule has 0 amide bonds. The Balaban J connectivity index is 3.53. The van der Waals surface area contributed by atoms with Crippen LogP contribution in [0, 0.1) is 5.92 Å². The van der Waals surface area contributed by atoms with Crippen molar-refractivity contribution in [1.82, 2.24) is 0 Å². The smallest absolute Gasteiger partial charge is 0.154 e. The van der Waals surface area contributed by atoms with E-state index < -0.39 is 6.29 Å². The number of rotatable bonds is 4. The van der Waals surface area contributed by atoms with E-state index in [0.29, 0.717) is 6.42 Å². The first-order valence-electron chi connectivity index (χ1n) is 3.19. The Bertz CT molecular complexity index is 79.0. The third-order valence-corrected chi connectivity index (χ3v) is 1.42. The molecule has 2 nitrogen and oxygen atoms in total. The van der Waals surface area contributed by atoms with Gasteiger partial charge in [-0.05, 0) is 12.8 Å². The second-order valence-corrected chi connectivity index (χ2v) is 2.11. The monoisotopic (exact) mass is 130 g/mol. The SMILES string of the molecule is C=CCC(CC)C(O)O. The second kappa shape index (κ2) is 4.53. The molecular formula is C7H14O2. The van der Waals surface area contributed by atoms with Crippen LogP contribution >= 0.6 is 0 Å². The molecule has 1 atom stereocenters. The molecule has 0 aliphatic carbocycles. The summed E-state index contributed by atoms with van der Waals surface area (Å²) in [5.41, 5.74) is 0. The van der Waals surface area contributed by atoms with Gasteiger partial charge in [0.2, 0.25) is 0 Å². The van der Waals surface area contributed by atoms with Gasteiger partial charge in [0.05, 0.1) is 0 Å². The van der Waals surface area contributed by atoms with Crippen LogP contribution in [0.4, 0.5) is 0 Å². The van der Waals surface area contributed by atoms with Gasteiger partial charge in [-0.15, -0.1) is 6.58 Å². The van der Waals surface area contributed by atoms with Gasteiger partial charge in [-0.25, -0.2) is 0 Å². The van der Waals surface area contributed by atoms with E-state index in [1.165, 1.54) is 0 Å². The van der Waals surface area contributed by atoms with Crippen molar-refractivity contribution in [2.45, 2.75) is 26.1 Å². The number of aliphatic hydroxyl groups excluding tert-OH is 1. The summed E-state index contributed by atoms with van der Waals surface area (Å²) >= 11 is 0. The zero-order valence-corrected chi connectivity index (χ0v) is 5.75. The van der Waals surface area contributed by atoms with Crippen LogP contribution in [0.2, 0.25) is 0 Å². The Kier molecular flexibility index (Phi) is 4.36. The Morgan fingerprint density at radius 1 is 1.56 bits per heavy atom. The van der Waals surface area contributed by atoms with Gasteiger partial charge in [-0.1, -0.05) is 13.0 Å². The van der Waals surface area contributed by atoms with Crippen LogP contribution in [0.15, 0.2) is 12.7 Å². The molecule has 0 fully saturated rings. The summed E-state index contributed by atoms with van der Waals surface area (Å²) in [6.07, 6.45) is 1.97. The van der Waals surface area contributed by atoms with Crippen molar-refractivity contribution >= 4 is 0 Å². The van der Waals surface area contributed by atoms with Crippen LogP contribution in [0.1, 0.15) is 19.8 Å². The molecule has 0 bridgehead atoms. The quantitative estimate of drug-likeness (QED) is 0.438. The van der Waals surface area contributed by atoms with E-state index in [1.54, 1.807) is 6.08 Å². The molecule has 2 N–H and O–H groups in total. The maximum Gasteiger partial charge on any atom is 0.154 e. The molecule has 0 aliphatic heterocycles. The van der Waals surface area contributed by atoms with Crippen molar-refractivity contribution in [3.63, 3.8) is 0 Å². The second-order valence-electron chi connectivity index (χ2n) is 2.11.